The molecule has 1 aliphatic rings. The lowest BCUT2D eigenvalue weighted by molar-refractivity contribution is -0.127. The normalized spacial score (nSPS) is 16.2. The molecule has 1 unspecified atom stereocenters. The van der Waals surface area contributed by atoms with E-state index in [0.29, 0.717) is 0 Å². The van der Waals surface area contributed by atoms with Crippen LogP contribution in [-0.2, 0) is 26.6 Å². The van der Waals surface area contributed by atoms with Crippen LogP contribution in [-0.4, -0.2) is 50.1 Å². The summed E-state index contributed by atoms with van der Waals surface area (Å²) in [4.78, 5) is 36.2. The van der Waals surface area contributed by atoms with Crippen molar-refractivity contribution >= 4 is 27.9 Å². The number of nitrogens with one attached hydrogen (secondary N) is 3. The maximum Gasteiger partial charge on any atom is 0.355 e. The van der Waals surface area contributed by atoms with Crippen molar-refractivity contribution in [3.05, 3.63) is 18.0 Å². The first kappa shape index (κ1) is 21.9. The number of aryl methyl sites for hydroxylation is 1. The van der Waals surface area contributed by atoms with E-state index < -0.39 is 34.0 Å². The Morgan fingerprint density at radius 1 is 1.21 bits per heavy atom. The Bertz CT molecular complexity index is 842. The van der Waals surface area contributed by atoms with E-state index in [1.807, 2.05) is 0 Å². The van der Waals surface area contributed by atoms with Gasteiger partial charge in [0, 0.05) is 19.3 Å². The predicted octanol–water partition coefficient (Wildman–Crippen LogP) is 0.637. The number of urea groups is 1. The first-order valence-corrected chi connectivity index (χ1v) is 10.5. The van der Waals surface area contributed by atoms with E-state index in [2.05, 4.69) is 15.4 Å². The lowest BCUT2D eigenvalue weighted by Gasteiger charge is -2.23. The zero-order valence-corrected chi connectivity index (χ0v) is 17.0. The maximum absolute atomic E-state index is 12.3. The largest absolute Gasteiger partial charge is 0.448 e. The quantitative estimate of drug-likeness (QED) is 0.585. The van der Waals surface area contributed by atoms with Crippen LogP contribution in [0.3, 0.4) is 0 Å². The molecule has 2 rings (SSSR count). The molecule has 3 amide bonds. The zero-order valence-electron chi connectivity index (χ0n) is 16.1. The van der Waals surface area contributed by atoms with Gasteiger partial charge in [0.2, 0.25) is 10.0 Å². The van der Waals surface area contributed by atoms with Crippen molar-refractivity contribution in [2.75, 3.05) is 7.05 Å². The van der Waals surface area contributed by atoms with Crippen LogP contribution >= 0.6 is 0 Å². The molecular formula is C17H26N4O6S. The summed E-state index contributed by atoms with van der Waals surface area (Å²) in [6, 6.07) is 0.561. The van der Waals surface area contributed by atoms with Crippen molar-refractivity contribution in [3.63, 3.8) is 0 Å². The SMILES string of the molecule is CNS(=O)(=O)c1cc(C(=O)OC(C)C(=O)NC(=O)NC2CCCCC2)n(C)c1. The molecule has 1 aliphatic carbocycles. The van der Waals surface area contributed by atoms with Crippen molar-refractivity contribution in [1.29, 1.82) is 0 Å². The number of aromatic nitrogens is 1. The zero-order chi connectivity index (χ0) is 20.9. The Morgan fingerprint density at radius 2 is 1.86 bits per heavy atom. The smallest absolute Gasteiger partial charge is 0.355 e. The average Bonchev–Trinajstić information content (AvgIpc) is 3.05. The molecule has 0 bridgehead atoms. The van der Waals surface area contributed by atoms with E-state index in [1.54, 1.807) is 0 Å². The second-order valence-electron chi connectivity index (χ2n) is 6.72. The van der Waals surface area contributed by atoms with Gasteiger partial charge in [-0.1, -0.05) is 19.3 Å². The second-order valence-corrected chi connectivity index (χ2v) is 8.61. The highest BCUT2D eigenvalue weighted by Crippen LogP contribution is 2.17. The van der Waals surface area contributed by atoms with Crippen molar-refractivity contribution in [2.45, 2.75) is 56.1 Å². The van der Waals surface area contributed by atoms with Crippen LogP contribution in [0.25, 0.3) is 0 Å². The molecule has 1 fully saturated rings. The molecule has 0 saturated heterocycles. The van der Waals surface area contributed by atoms with Gasteiger partial charge < -0.3 is 14.6 Å². The molecule has 1 heterocycles. The molecule has 1 atom stereocenters. The summed E-state index contributed by atoms with van der Waals surface area (Å²) < 4.78 is 32.1. The molecule has 0 radical (unpaired) electrons. The fourth-order valence-electron chi connectivity index (χ4n) is 2.96. The van der Waals surface area contributed by atoms with Gasteiger partial charge >= 0.3 is 12.0 Å². The fourth-order valence-corrected chi connectivity index (χ4v) is 3.76. The monoisotopic (exact) mass is 414 g/mol. The van der Waals surface area contributed by atoms with E-state index in [0.717, 1.165) is 38.2 Å². The van der Waals surface area contributed by atoms with Crippen LogP contribution in [0.15, 0.2) is 17.2 Å². The van der Waals surface area contributed by atoms with Crippen molar-refractivity contribution in [3.8, 4) is 0 Å². The number of rotatable bonds is 6. The number of sulfonamides is 1. The lowest BCUT2D eigenvalue weighted by Crippen LogP contribution is -2.48. The summed E-state index contributed by atoms with van der Waals surface area (Å²) in [7, 11) is -0.984. The van der Waals surface area contributed by atoms with Gasteiger partial charge in [0.15, 0.2) is 6.10 Å². The third-order valence-corrected chi connectivity index (χ3v) is 5.98. The minimum atomic E-state index is -3.72. The Labute approximate surface area is 164 Å². The fraction of sp³-hybridized carbons (Fsp3) is 0.588. The van der Waals surface area contributed by atoms with E-state index in [1.165, 1.54) is 31.8 Å². The summed E-state index contributed by atoms with van der Waals surface area (Å²) in [6.45, 7) is 1.33. The molecular weight excluding hydrogens is 388 g/mol. The summed E-state index contributed by atoms with van der Waals surface area (Å²) in [5, 5.41) is 4.89. The average molecular weight is 414 g/mol. The van der Waals surface area contributed by atoms with Crippen molar-refractivity contribution < 1.29 is 27.5 Å². The Kier molecular flexibility index (Phi) is 7.19. The van der Waals surface area contributed by atoms with Gasteiger partial charge in [0.05, 0.1) is 0 Å². The van der Waals surface area contributed by atoms with Crippen LogP contribution in [0.5, 0.6) is 0 Å². The molecule has 1 aromatic heterocycles. The maximum atomic E-state index is 12.3. The Hall–Kier alpha value is -2.40. The van der Waals surface area contributed by atoms with Crippen LogP contribution in [0.2, 0.25) is 0 Å². The third kappa shape index (κ3) is 5.55. The Morgan fingerprint density at radius 3 is 2.46 bits per heavy atom. The standard InChI is InChI=1S/C17H26N4O6S/c1-11(15(22)20-17(24)19-12-7-5-4-6-8-12)27-16(23)14-9-13(10-21(14)3)28(25,26)18-2/h9-12,18H,4-8H2,1-3H3,(H2,19,20,22,24). The topological polar surface area (TPSA) is 136 Å². The minimum Gasteiger partial charge on any atom is -0.448 e. The van der Waals surface area contributed by atoms with E-state index >= 15 is 0 Å². The Balaban J connectivity index is 1.92. The van der Waals surface area contributed by atoms with Gasteiger partial charge in [0.1, 0.15) is 10.6 Å². The number of nitrogens with zero attached hydrogens (tertiary/aromatic N) is 1. The molecule has 28 heavy (non-hydrogen) atoms. The van der Waals surface area contributed by atoms with Gasteiger partial charge in [-0.05, 0) is 32.9 Å². The summed E-state index contributed by atoms with van der Waals surface area (Å²) in [5.74, 6) is -1.64. The molecule has 3 N–H and O–H groups in total. The third-order valence-electron chi connectivity index (χ3n) is 4.60. The van der Waals surface area contributed by atoms with E-state index in [4.69, 9.17) is 4.74 Å². The van der Waals surface area contributed by atoms with Gasteiger partial charge in [-0.15, -0.1) is 0 Å². The van der Waals surface area contributed by atoms with E-state index in [-0.39, 0.29) is 16.6 Å². The number of hydrogen-bond donors (Lipinski definition) is 3. The van der Waals surface area contributed by atoms with Crippen LogP contribution in [0.1, 0.15) is 49.5 Å². The van der Waals surface area contributed by atoms with Gasteiger partial charge in [-0.25, -0.2) is 22.7 Å². The lowest BCUT2D eigenvalue weighted by atomic mass is 9.96. The number of hydrogen-bond acceptors (Lipinski definition) is 6. The summed E-state index contributed by atoms with van der Waals surface area (Å²) in [6.07, 6.45) is 4.98. The number of imide groups is 1. The molecule has 0 aromatic carbocycles. The highest BCUT2D eigenvalue weighted by molar-refractivity contribution is 7.89. The van der Waals surface area contributed by atoms with Gasteiger partial charge in [-0.2, -0.15) is 0 Å². The number of ether oxygens (including phenoxy) is 1. The van der Waals surface area contributed by atoms with Gasteiger partial charge in [0.25, 0.3) is 5.91 Å². The predicted molar refractivity (Wildman–Crippen MR) is 100 cm³/mol. The van der Waals surface area contributed by atoms with Crippen LogP contribution in [0, 0.1) is 0 Å². The van der Waals surface area contributed by atoms with Crippen LogP contribution < -0.4 is 15.4 Å². The highest BCUT2D eigenvalue weighted by Gasteiger charge is 2.25. The minimum absolute atomic E-state index is 0.0373. The molecule has 1 aromatic rings. The summed E-state index contributed by atoms with van der Waals surface area (Å²) >= 11 is 0. The molecule has 0 spiro atoms. The van der Waals surface area contributed by atoms with E-state index in [9.17, 15) is 22.8 Å². The first-order valence-electron chi connectivity index (χ1n) is 9.06. The first-order chi connectivity index (χ1) is 13.1. The number of carbonyl (C=O) groups excluding carboxylic acids is 3. The number of amides is 3. The summed E-state index contributed by atoms with van der Waals surface area (Å²) in [5.41, 5.74) is -0.0415. The molecule has 1 saturated carbocycles. The van der Waals surface area contributed by atoms with Crippen molar-refractivity contribution in [2.24, 2.45) is 7.05 Å². The van der Waals surface area contributed by atoms with Gasteiger partial charge in [-0.3, -0.25) is 10.1 Å². The van der Waals surface area contributed by atoms with Crippen LogP contribution in [0.4, 0.5) is 4.79 Å². The molecule has 10 nitrogen and oxygen atoms in total. The second kappa shape index (κ2) is 9.20. The number of carbonyl (C=O) groups is 3. The molecule has 11 heteroatoms. The molecule has 0 aliphatic heterocycles. The van der Waals surface area contributed by atoms with Crippen molar-refractivity contribution in [1.82, 2.24) is 19.9 Å². The number of esters is 1. The highest BCUT2D eigenvalue weighted by atomic mass is 32.2. The molecule has 156 valence electrons.